The van der Waals surface area contributed by atoms with E-state index >= 15 is 0 Å². The third-order valence-electron chi connectivity index (χ3n) is 2.56. The molecule has 0 fully saturated rings. The van der Waals surface area contributed by atoms with E-state index in [2.05, 4.69) is 63.6 Å². The Balaban J connectivity index is 1.75. The van der Waals surface area contributed by atoms with Crippen LogP contribution in [0.25, 0.3) is 0 Å². The van der Waals surface area contributed by atoms with Gasteiger partial charge in [0, 0.05) is 15.8 Å². The topological polar surface area (TPSA) is 24.1 Å². The molecule has 0 atom stereocenters. The Labute approximate surface area is 132 Å². The van der Waals surface area contributed by atoms with Gasteiger partial charge in [-0.15, -0.1) is 0 Å². The van der Waals surface area contributed by atoms with Crippen LogP contribution in [-0.2, 0) is 6.42 Å². The van der Waals surface area contributed by atoms with E-state index < -0.39 is 0 Å². The SMILES string of the molecule is S=C(NCCc1cccc(I)c1)Nc1cc[c]cc1. The number of halogens is 1. The molecular formula is C15H14IN2S. The molecule has 19 heavy (non-hydrogen) atoms. The summed E-state index contributed by atoms with van der Waals surface area (Å²) in [5.74, 6) is 0. The highest BCUT2D eigenvalue weighted by Gasteiger charge is 1.98. The molecule has 0 saturated heterocycles. The molecule has 2 nitrogen and oxygen atoms in total. The molecule has 0 unspecified atom stereocenters. The maximum Gasteiger partial charge on any atom is 0.170 e. The monoisotopic (exact) mass is 381 g/mol. The summed E-state index contributed by atoms with van der Waals surface area (Å²) < 4.78 is 1.26. The van der Waals surface area contributed by atoms with Crippen molar-refractivity contribution in [2.75, 3.05) is 11.9 Å². The fourth-order valence-electron chi connectivity index (χ4n) is 1.66. The highest BCUT2D eigenvalue weighted by molar-refractivity contribution is 14.1. The lowest BCUT2D eigenvalue weighted by atomic mass is 10.1. The lowest BCUT2D eigenvalue weighted by molar-refractivity contribution is 0.873. The fourth-order valence-corrected chi connectivity index (χ4v) is 2.49. The first-order chi connectivity index (χ1) is 9.24. The highest BCUT2D eigenvalue weighted by Crippen LogP contribution is 2.08. The second kappa shape index (κ2) is 7.45. The van der Waals surface area contributed by atoms with Crippen LogP contribution < -0.4 is 10.6 Å². The first kappa shape index (κ1) is 14.3. The van der Waals surface area contributed by atoms with Gasteiger partial charge >= 0.3 is 0 Å². The number of rotatable bonds is 4. The van der Waals surface area contributed by atoms with Crippen LogP contribution >= 0.6 is 34.8 Å². The van der Waals surface area contributed by atoms with Crippen molar-refractivity contribution in [3.8, 4) is 0 Å². The van der Waals surface area contributed by atoms with Gasteiger partial charge in [0.1, 0.15) is 0 Å². The molecular weight excluding hydrogens is 367 g/mol. The lowest BCUT2D eigenvalue weighted by Gasteiger charge is -2.10. The first-order valence-electron chi connectivity index (χ1n) is 5.99. The average molecular weight is 381 g/mol. The zero-order valence-corrected chi connectivity index (χ0v) is 13.3. The summed E-state index contributed by atoms with van der Waals surface area (Å²) in [4.78, 5) is 0. The summed E-state index contributed by atoms with van der Waals surface area (Å²) in [7, 11) is 0. The maximum absolute atomic E-state index is 5.24. The molecule has 0 saturated carbocycles. The summed E-state index contributed by atoms with van der Waals surface area (Å²) in [6, 6.07) is 19.1. The van der Waals surface area contributed by atoms with Crippen LogP contribution in [0.1, 0.15) is 5.56 Å². The number of hydrogen-bond acceptors (Lipinski definition) is 1. The normalized spacial score (nSPS) is 9.95. The van der Waals surface area contributed by atoms with Crippen molar-refractivity contribution in [2.45, 2.75) is 6.42 Å². The third-order valence-corrected chi connectivity index (χ3v) is 3.48. The Bertz CT molecular complexity index is 543. The van der Waals surface area contributed by atoms with Gasteiger partial charge in [0.2, 0.25) is 0 Å². The van der Waals surface area contributed by atoms with Gasteiger partial charge in [-0.3, -0.25) is 0 Å². The Morgan fingerprint density at radius 2 is 2.00 bits per heavy atom. The minimum absolute atomic E-state index is 0.650. The number of benzene rings is 2. The van der Waals surface area contributed by atoms with Crippen molar-refractivity contribution >= 4 is 45.6 Å². The largest absolute Gasteiger partial charge is 0.362 e. The first-order valence-corrected chi connectivity index (χ1v) is 7.48. The molecule has 2 rings (SSSR count). The number of anilines is 1. The zero-order valence-electron chi connectivity index (χ0n) is 10.3. The van der Waals surface area contributed by atoms with E-state index in [1.54, 1.807) is 0 Å². The number of hydrogen-bond donors (Lipinski definition) is 2. The molecule has 1 radical (unpaired) electrons. The average Bonchev–Trinajstić information content (AvgIpc) is 2.40. The van der Waals surface area contributed by atoms with Gasteiger partial charge < -0.3 is 10.6 Å². The molecule has 2 N–H and O–H groups in total. The van der Waals surface area contributed by atoms with Crippen LogP contribution in [0.2, 0.25) is 0 Å². The standard InChI is InChI=1S/C15H14IN2S/c16-13-6-4-5-12(11-13)9-10-17-15(19)18-14-7-2-1-3-8-14/h2-8,11H,9-10H2,(H2,17,18,19). The Hall–Kier alpha value is -1.14. The molecule has 4 heteroatoms. The predicted octanol–water partition coefficient (Wildman–Crippen LogP) is 3.62. The smallest absolute Gasteiger partial charge is 0.170 e. The Kier molecular flexibility index (Phi) is 5.60. The number of nitrogens with one attached hydrogen (secondary N) is 2. The van der Waals surface area contributed by atoms with E-state index in [4.69, 9.17) is 12.2 Å². The van der Waals surface area contributed by atoms with Crippen molar-refractivity contribution in [3.63, 3.8) is 0 Å². The van der Waals surface area contributed by atoms with E-state index in [1.165, 1.54) is 9.13 Å². The molecule has 97 valence electrons. The third kappa shape index (κ3) is 5.16. The van der Waals surface area contributed by atoms with Crippen LogP contribution in [0.3, 0.4) is 0 Å². The zero-order chi connectivity index (χ0) is 13.5. The lowest BCUT2D eigenvalue weighted by Crippen LogP contribution is -2.30. The van der Waals surface area contributed by atoms with Crippen molar-refractivity contribution in [1.29, 1.82) is 0 Å². The Morgan fingerprint density at radius 1 is 1.21 bits per heavy atom. The van der Waals surface area contributed by atoms with E-state index in [0.29, 0.717) is 5.11 Å². The summed E-state index contributed by atoms with van der Waals surface area (Å²) in [6.07, 6.45) is 0.960. The van der Waals surface area contributed by atoms with Crippen LogP contribution in [-0.4, -0.2) is 11.7 Å². The quantitative estimate of drug-likeness (QED) is 0.625. The van der Waals surface area contributed by atoms with Gasteiger partial charge in [0.05, 0.1) is 0 Å². The maximum atomic E-state index is 5.24. The molecule has 0 aromatic heterocycles. The van der Waals surface area contributed by atoms with E-state index in [9.17, 15) is 0 Å². The van der Waals surface area contributed by atoms with Crippen LogP contribution in [0, 0.1) is 9.64 Å². The Morgan fingerprint density at radius 3 is 2.74 bits per heavy atom. The van der Waals surface area contributed by atoms with Gasteiger partial charge in [-0.25, -0.2) is 0 Å². The van der Waals surface area contributed by atoms with Crippen molar-refractivity contribution in [3.05, 3.63) is 63.7 Å². The van der Waals surface area contributed by atoms with Gasteiger partial charge in [0.25, 0.3) is 0 Å². The minimum Gasteiger partial charge on any atom is -0.362 e. The van der Waals surface area contributed by atoms with Crippen LogP contribution in [0.4, 0.5) is 5.69 Å². The van der Waals surface area contributed by atoms with Gasteiger partial charge in [0.15, 0.2) is 5.11 Å². The van der Waals surface area contributed by atoms with Gasteiger partial charge in [-0.05, 0) is 77.1 Å². The van der Waals surface area contributed by atoms with Crippen molar-refractivity contribution in [1.82, 2.24) is 5.32 Å². The van der Waals surface area contributed by atoms with Gasteiger partial charge in [-0.1, -0.05) is 24.3 Å². The molecule has 0 spiro atoms. The highest BCUT2D eigenvalue weighted by atomic mass is 127. The molecule has 0 bridgehead atoms. The van der Waals surface area contributed by atoms with Crippen molar-refractivity contribution < 1.29 is 0 Å². The molecule has 0 aliphatic heterocycles. The summed E-state index contributed by atoms with van der Waals surface area (Å²) in [5, 5.41) is 6.99. The summed E-state index contributed by atoms with van der Waals surface area (Å²) in [5.41, 5.74) is 2.29. The van der Waals surface area contributed by atoms with Crippen LogP contribution in [0.15, 0.2) is 48.5 Å². The summed E-state index contributed by atoms with van der Waals surface area (Å²) in [6.45, 7) is 0.824. The molecule has 2 aromatic carbocycles. The van der Waals surface area contributed by atoms with E-state index in [0.717, 1.165) is 18.7 Å². The van der Waals surface area contributed by atoms with E-state index in [1.807, 2.05) is 24.3 Å². The molecule has 0 heterocycles. The molecule has 0 amide bonds. The predicted molar refractivity (Wildman–Crippen MR) is 92.4 cm³/mol. The molecule has 0 aliphatic carbocycles. The van der Waals surface area contributed by atoms with Gasteiger partial charge in [-0.2, -0.15) is 0 Å². The second-order valence-electron chi connectivity index (χ2n) is 4.05. The van der Waals surface area contributed by atoms with Crippen LogP contribution in [0.5, 0.6) is 0 Å². The summed E-state index contributed by atoms with van der Waals surface area (Å²) >= 11 is 7.57. The second-order valence-corrected chi connectivity index (χ2v) is 5.70. The fraction of sp³-hybridized carbons (Fsp3) is 0.133. The van der Waals surface area contributed by atoms with E-state index in [-0.39, 0.29) is 0 Å². The number of thiocarbonyl (C=S) groups is 1. The molecule has 0 aliphatic rings. The van der Waals surface area contributed by atoms with Crippen molar-refractivity contribution in [2.24, 2.45) is 0 Å². The molecule has 2 aromatic rings. The minimum atomic E-state index is 0.650.